The summed E-state index contributed by atoms with van der Waals surface area (Å²) in [5.41, 5.74) is 1.23. The largest absolute Gasteiger partial charge is 0.334 e. The molecule has 2 amide bonds. The minimum atomic E-state index is -0.683. The molecule has 8 heteroatoms. The third-order valence-electron chi connectivity index (χ3n) is 5.18. The van der Waals surface area contributed by atoms with Gasteiger partial charge in [-0.05, 0) is 36.1 Å². The first-order chi connectivity index (χ1) is 11.9. The summed E-state index contributed by atoms with van der Waals surface area (Å²) in [6.07, 6.45) is 1.48. The summed E-state index contributed by atoms with van der Waals surface area (Å²) in [5, 5.41) is 4.23. The average Bonchev–Trinajstić information content (AvgIpc) is 3.06. The normalized spacial score (nSPS) is 22.6. The second-order valence-corrected chi connectivity index (χ2v) is 6.96. The van der Waals surface area contributed by atoms with Crippen molar-refractivity contribution >= 4 is 29.1 Å². The zero-order valence-electron chi connectivity index (χ0n) is 14.1. The molecule has 1 aromatic carbocycles. The van der Waals surface area contributed by atoms with E-state index in [1.165, 1.54) is 4.68 Å². The molecule has 0 aliphatic carbocycles. The molecule has 0 bridgehead atoms. The van der Waals surface area contributed by atoms with E-state index in [-0.39, 0.29) is 22.9 Å². The molecule has 0 radical (unpaired) electrons. The van der Waals surface area contributed by atoms with Gasteiger partial charge in [-0.2, -0.15) is 4.98 Å². The van der Waals surface area contributed by atoms with Crippen molar-refractivity contribution in [1.29, 1.82) is 0 Å². The molecule has 1 unspecified atom stereocenters. The van der Waals surface area contributed by atoms with Crippen LogP contribution in [0, 0.1) is 0 Å². The molecule has 0 N–H and O–H groups in total. The molecule has 4 rings (SSSR count). The van der Waals surface area contributed by atoms with Crippen molar-refractivity contribution in [2.75, 3.05) is 25.0 Å². The van der Waals surface area contributed by atoms with Crippen molar-refractivity contribution in [3.05, 3.63) is 40.9 Å². The molecular formula is C17H18ClN5O2. The van der Waals surface area contributed by atoms with Crippen LogP contribution in [0.3, 0.4) is 0 Å². The van der Waals surface area contributed by atoms with Crippen LogP contribution in [0.25, 0.3) is 0 Å². The first kappa shape index (κ1) is 16.1. The maximum absolute atomic E-state index is 13.0. The van der Waals surface area contributed by atoms with Crippen LogP contribution >= 0.6 is 11.6 Å². The van der Waals surface area contributed by atoms with Crippen LogP contribution in [0.2, 0.25) is 5.28 Å². The molecule has 1 aromatic heterocycles. The topological polar surface area (TPSA) is 71.3 Å². The Morgan fingerprint density at radius 1 is 1.28 bits per heavy atom. The Kier molecular flexibility index (Phi) is 3.57. The Labute approximate surface area is 150 Å². The molecule has 25 heavy (non-hydrogen) atoms. The summed E-state index contributed by atoms with van der Waals surface area (Å²) in [7, 11) is 3.42. The van der Waals surface area contributed by atoms with E-state index in [0.29, 0.717) is 13.1 Å². The number of likely N-dealkylation sites (N-methyl/N-ethyl adjacent to an activating group) is 1. The Morgan fingerprint density at radius 3 is 2.76 bits per heavy atom. The van der Waals surface area contributed by atoms with E-state index in [2.05, 4.69) is 10.1 Å². The number of hydrogen-bond acceptors (Lipinski definition) is 4. The number of carbonyl (C=O) groups excluding carboxylic acids is 2. The summed E-state index contributed by atoms with van der Waals surface area (Å²) >= 11 is 5.90. The number of rotatable bonds is 1. The molecule has 2 aliphatic rings. The standard InChI is InChI=1S/C17H18ClN5O2/c1-21-12-7-4-3-6-11(12)17(15(21)25)8-5-9-23(10-17)14(24)13-19-16(18)22(2)20-13/h3-4,6-7H,5,8-10H2,1-2H3. The van der Waals surface area contributed by atoms with Crippen LogP contribution in [0.1, 0.15) is 29.0 Å². The van der Waals surface area contributed by atoms with Gasteiger partial charge in [0, 0.05) is 32.9 Å². The van der Waals surface area contributed by atoms with E-state index < -0.39 is 5.41 Å². The van der Waals surface area contributed by atoms with Gasteiger partial charge in [0.25, 0.3) is 5.91 Å². The SMILES string of the molecule is CN1C(=O)C2(CCCN(C(=O)c3nc(Cl)n(C)n3)C2)c2ccccc21. The molecule has 130 valence electrons. The van der Waals surface area contributed by atoms with Crippen LogP contribution in [-0.2, 0) is 17.3 Å². The minimum absolute atomic E-state index is 0.0400. The summed E-state index contributed by atoms with van der Waals surface area (Å²) in [6, 6.07) is 7.80. The summed E-state index contributed by atoms with van der Waals surface area (Å²) in [4.78, 5) is 33.2. The maximum Gasteiger partial charge on any atom is 0.293 e. The number of benzene rings is 1. The van der Waals surface area contributed by atoms with Gasteiger partial charge in [-0.25, -0.2) is 4.68 Å². The predicted octanol–water partition coefficient (Wildman–Crippen LogP) is 1.62. The van der Waals surface area contributed by atoms with E-state index in [4.69, 9.17) is 11.6 Å². The first-order valence-electron chi connectivity index (χ1n) is 8.17. The van der Waals surface area contributed by atoms with E-state index in [1.54, 1.807) is 23.9 Å². The molecule has 1 spiro atoms. The highest BCUT2D eigenvalue weighted by molar-refractivity contribution is 6.28. The number of aromatic nitrogens is 3. The molecule has 1 saturated heterocycles. The number of amides is 2. The van der Waals surface area contributed by atoms with Gasteiger partial charge in [0.05, 0.1) is 5.41 Å². The van der Waals surface area contributed by atoms with Gasteiger partial charge in [-0.1, -0.05) is 18.2 Å². The second kappa shape index (κ2) is 5.56. The predicted molar refractivity (Wildman–Crippen MR) is 92.7 cm³/mol. The van der Waals surface area contributed by atoms with E-state index in [0.717, 1.165) is 24.1 Å². The zero-order valence-corrected chi connectivity index (χ0v) is 14.8. The number of hydrogen-bond donors (Lipinski definition) is 0. The molecule has 0 saturated carbocycles. The van der Waals surface area contributed by atoms with Gasteiger partial charge in [0.1, 0.15) is 0 Å². The number of para-hydroxylation sites is 1. The number of fused-ring (bicyclic) bond motifs is 2. The van der Waals surface area contributed by atoms with E-state index in [9.17, 15) is 9.59 Å². The van der Waals surface area contributed by atoms with Crippen LogP contribution < -0.4 is 4.90 Å². The Morgan fingerprint density at radius 2 is 2.04 bits per heavy atom. The first-order valence-corrected chi connectivity index (χ1v) is 8.55. The number of halogens is 1. The minimum Gasteiger partial charge on any atom is -0.334 e. The number of anilines is 1. The average molecular weight is 360 g/mol. The number of likely N-dealkylation sites (tertiary alicyclic amines) is 1. The fourth-order valence-electron chi connectivity index (χ4n) is 3.94. The van der Waals surface area contributed by atoms with E-state index >= 15 is 0 Å². The lowest BCUT2D eigenvalue weighted by atomic mass is 9.75. The Bertz CT molecular complexity index is 860. The highest BCUT2D eigenvalue weighted by Gasteiger charge is 2.52. The summed E-state index contributed by atoms with van der Waals surface area (Å²) in [5.74, 6) is -0.184. The van der Waals surface area contributed by atoms with Crippen molar-refractivity contribution in [3.63, 3.8) is 0 Å². The van der Waals surface area contributed by atoms with Crippen molar-refractivity contribution in [2.24, 2.45) is 7.05 Å². The van der Waals surface area contributed by atoms with Gasteiger partial charge in [-0.3, -0.25) is 9.59 Å². The summed E-state index contributed by atoms with van der Waals surface area (Å²) in [6.45, 7) is 0.914. The smallest absolute Gasteiger partial charge is 0.293 e. The van der Waals surface area contributed by atoms with Gasteiger partial charge in [0.2, 0.25) is 17.0 Å². The quantitative estimate of drug-likeness (QED) is 0.775. The van der Waals surface area contributed by atoms with Gasteiger partial charge < -0.3 is 9.80 Å². The number of carbonyl (C=O) groups is 2. The van der Waals surface area contributed by atoms with Crippen LogP contribution in [0.15, 0.2) is 24.3 Å². The highest BCUT2D eigenvalue weighted by Crippen LogP contribution is 2.46. The molecule has 7 nitrogen and oxygen atoms in total. The van der Waals surface area contributed by atoms with Crippen molar-refractivity contribution in [3.8, 4) is 0 Å². The molecule has 2 aliphatic heterocycles. The highest BCUT2D eigenvalue weighted by atomic mass is 35.5. The Hall–Kier alpha value is -2.41. The van der Waals surface area contributed by atoms with Crippen molar-refractivity contribution in [2.45, 2.75) is 18.3 Å². The fraction of sp³-hybridized carbons (Fsp3) is 0.412. The lowest BCUT2D eigenvalue weighted by Crippen LogP contribution is -2.53. The van der Waals surface area contributed by atoms with Crippen LogP contribution in [0.4, 0.5) is 5.69 Å². The lowest BCUT2D eigenvalue weighted by molar-refractivity contribution is -0.124. The molecule has 1 fully saturated rings. The molecule has 3 heterocycles. The third-order valence-corrected chi connectivity index (χ3v) is 5.50. The van der Waals surface area contributed by atoms with Gasteiger partial charge >= 0.3 is 0 Å². The van der Waals surface area contributed by atoms with Crippen molar-refractivity contribution in [1.82, 2.24) is 19.7 Å². The molecule has 2 aromatic rings. The summed E-state index contributed by atoms with van der Waals surface area (Å²) < 4.78 is 1.36. The van der Waals surface area contributed by atoms with E-state index in [1.807, 2.05) is 24.3 Å². The third kappa shape index (κ3) is 2.26. The Balaban J connectivity index is 1.69. The maximum atomic E-state index is 13.0. The lowest BCUT2D eigenvalue weighted by Gasteiger charge is -2.39. The second-order valence-electron chi connectivity index (χ2n) is 6.62. The number of nitrogens with zero attached hydrogens (tertiary/aromatic N) is 5. The zero-order chi connectivity index (χ0) is 17.8. The van der Waals surface area contributed by atoms with Crippen LogP contribution in [-0.4, -0.2) is 51.6 Å². The monoisotopic (exact) mass is 359 g/mol. The molecular weight excluding hydrogens is 342 g/mol. The number of piperidine rings is 1. The van der Waals surface area contributed by atoms with Gasteiger partial charge in [-0.15, -0.1) is 5.10 Å². The fourth-order valence-corrected chi connectivity index (χ4v) is 4.06. The number of aryl methyl sites for hydroxylation is 1. The van der Waals surface area contributed by atoms with Crippen LogP contribution in [0.5, 0.6) is 0 Å². The van der Waals surface area contributed by atoms with Crippen molar-refractivity contribution < 1.29 is 9.59 Å². The van der Waals surface area contributed by atoms with Gasteiger partial charge in [0.15, 0.2) is 0 Å². The molecule has 1 atom stereocenters.